The van der Waals surface area contributed by atoms with Gasteiger partial charge in [-0.05, 0) is 53.7 Å². The molecule has 3 aliphatic rings. The van der Waals surface area contributed by atoms with Crippen LogP contribution in [0.1, 0.15) is 112 Å². The van der Waals surface area contributed by atoms with Gasteiger partial charge in [0, 0.05) is 51.3 Å². The number of H-pyrrole nitrogens is 2. The van der Waals surface area contributed by atoms with Gasteiger partial charge in [0.05, 0.1) is 55.7 Å². The molecule has 3 fully saturated rings. The van der Waals surface area contributed by atoms with Gasteiger partial charge in [-0.1, -0.05) is 143 Å². The van der Waals surface area contributed by atoms with Gasteiger partial charge in [0.1, 0.15) is 5.54 Å². The highest BCUT2D eigenvalue weighted by Crippen LogP contribution is 2.41. The highest BCUT2D eigenvalue weighted by atomic mass is 35.5. The maximum atomic E-state index is 12.6. The molecule has 2 N–H and O–H groups in total. The van der Waals surface area contributed by atoms with Gasteiger partial charge < -0.3 is 29.2 Å². The van der Waals surface area contributed by atoms with Crippen molar-refractivity contribution in [3.8, 4) is 0 Å². The number of carbonyl (C=O) groups is 3. The first-order valence-corrected chi connectivity index (χ1v) is 23.8. The Kier molecular flexibility index (Phi) is 16.4. The number of halogens is 1. The molecule has 3 aromatic heterocycles. The fourth-order valence-corrected chi connectivity index (χ4v) is 9.98. The Morgan fingerprint density at radius 2 is 1.06 bits per heavy atom. The second-order valence-electron chi connectivity index (χ2n) is 17.7. The molecule has 3 aliphatic heterocycles. The van der Waals surface area contributed by atoms with Crippen LogP contribution in [0.15, 0.2) is 122 Å². The average Bonchev–Trinajstić information content (AvgIpc) is 4.21. The molecule has 0 aliphatic carbocycles. The number of amides is 3. The average molecular weight is 899 g/mol. The van der Waals surface area contributed by atoms with Crippen LogP contribution >= 0.6 is 11.6 Å². The third-order valence-corrected chi connectivity index (χ3v) is 13.2. The number of hydrogen-bond acceptors (Lipinski definition) is 6. The molecule has 3 atom stereocenters. The Morgan fingerprint density at radius 3 is 1.48 bits per heavy atom. The van der Waals surface area contributed by atoms with Gasteiger partial charge >= 0.3 is 0 Å². The maximum Gasteiger partial charge on any atom is 0.223 e. The zero-order valence-electron chi connectivity index (χ0n) is 38.1. The van der Waals surface area contributed by atoms with Crippen LogP contribution in [0, 0.1) is 17.8 Å². The Labute approximate surface area is 388 Å². The van der Waals surface area contributed by atoms with Crippen LogP contribution in [0.4, 0.5) is 0 Å². The summed E-state index contributed by atoms with van der Waals surface area (Å²) in [4.78, 5) is 60.5. The van der Waals surface area contributed by atoms with E-state index in [1.807, 2.05) is 21.0 Å². The monoisotopic (exact) mass is 897 g/mol. The first-order chi connectivity index (χ1) is 31.7. The molecule has 3 unspecified atom stereocenters. The van der Waals surface area contributed by atoms with Crippen molar-refractivity contribution in [3.05, 3.63) is 161 Å². The summed E-state index contributed by atoms with van der Waals surface area (Å²) in [6.07, 6.45) is 17.9. The summed E-state index contributed by atoms with van der Waals surface area (Å²) < 4.78 is 2.21. The number of benzene rings is 3. The molecule has 0 bridgehead atoms. The van der Waals surface area contributed by atoms with E-state index in [0.29, 0.717) is 55.4 Å². The van der Waals surface area contributed by atoms with E-state index in [1.165, 1.54) is 0 Å². The molecule has 65 heavy (non-hydrogen) atoms. The van der Waals surface area contributed by atoms with Crippen LogP contribution < -0.4 is 0 Å². The lowest BCUT2D eigenvalue weighted by atomic mass is 9.77. The Bertz CT molecular complexity index is 2290. The lowest BCUT2D eigenvalue weighted by Crippen LogP contribution is -2.37. The van der Waals surface area contributed by atoms with E-state index in [1.54, 1.807) is 18.9 Å². The standard InChI is InChI=1S/C30H31N3O.C11H16ClN3O.C11H17N3O/c1-2-12-24-19-29(34)32(20-24)21-28-22-33(23-31-28)30(25-13-6-3-7-14-25,26-15-8-4-9-16-26)27-17-10-5-11-18-27;1-2-3-8-4-10(16)15(5-8)6-9-11(12)14-7-13-9;1-2-3-9-4-11(15)14(6-9)7-10-5-12-8-13-10/h3-11,13-18,22-24H,2,12,19-21H2,1H3;7-8H,2-6H2,1H3,(H,13,14);5,8-9H,2-4,6-7H2,1H3,(H,12,13). The molecule has 3 saturated heterocycles. The van der Waals surface area contributed by atoms with Crippen molar-refractivity contribution in [1.29, 1.82) is 0 Å². The largest absolute Gasteiger partial charge is 0.347 e. The smallest absolute Gasteiger partial charge is 0.223 e. The van der Waals surface area contributed by atoms with Crippen LogP contribution in [0.2, 0.25) is 5.15 Å². The van der Waals surface area contributed by atoms with Crippen molar-refractivity contribution in [2.24, 2.45) is 17.8 Å². The summed E-state index contributed by atoms with van der Waals surface area (Å²) >= 11 is 5.88. The molecule has 12 nitrogen and oxygen atoms in total. The zero-order valence-corrected chi connectivity index (χ0v) is 38.9. The normalized spacial score (nSPS) is 18.5. The fourth-order valence-electron chi connectivity index (χ4n) is 9.82. The molecule has 6 aromatic rings. The predicted octanol–water partition coefficient (Wildman–Crippen LogP) is 9.64. The summed E-state index contributed by atoms with van der Waals surface area (Å²) in [5, 5.41) is 0.465. The highest BCUT2D eigenvalue weighted by molar-refractivity contribution is 6.30. The maximum absolute atomic E-state index is 12.6. The minimum absolute atomic E-state index is 0.226. The van der Waals surface area contributed by atoms with Crippen LogP contribution in [0.5, 0.6) is 0 Å². The molecule has 3 amide bonds. The third-order valence-electron chi connectivity index (χ3n) is 12.9. The lowest BCUT2D eigenvalue weighted by Gasteiger charge is -2.37. The van der Waals surface area contributed by atoms with Crippen molar-refractivity contribution < 1.29 is 14.4 Å². The number of nitrogens with zero attached hydrogens (tertiary/aromatic N) is 7. The van der Waals surface area contributed by atoms with Crippen LogP contribution in [0.3, 0.4) is 0 Å². The Balaban J connectivity index is 0.000000168. The summed E-state index contributed by atoms with van der Waals surface area (Å²) in [6, 6.07) is 31.8. The molecule has 3 aromatic carbocycles. The SMILES string of the molecule is CCCC1CC(=O)N(Cc2[nH]cnc2Cl)C1.CCCC1CC(=O)N(Cc2cn(C(c3ccccc3)(c3ccccc3)c3ccccc3)cn2)C1.CCCC1CC(=O)N(Cc2cnc[nH]2)C1. The van der Waals surface area contributed by atoms with Crippen molar-refractivity contribution >= 4 is 29.3 Å². The molecule has 9 rings (SSSR count). The van der Waals surface area contributed by atoms with Crippen molar-refractivity contribution in [1.82, 2.24) is 44.2 Å². The quantitative estimate of drug-likeness (QED) is 0.0930. The number of imidazole rings is 3. The topological polar surface area (TPSA) is 136 Å². The van der Waals surface area contributed by atoms with Gasteiger partial charge in [-0.25, -0.2) is 15.0 Å². The summed E-state index contributed by atoms with van der Waals surface area (Å²) in [6.45, 7) is 10.9. The van der Waals surface area contributed by atoms with Crippen molar-refractivity contribution in [2.75, 3.05) is 19.6 Å². The van der Waals surface area contributed by atoms with Gasteiger partial charge in [-0.2, -0.15) is 0 Å². The number of hydrogen-bond donors (Lipinski definition) is 2. The Morgan fingerprint density at radius 1 is 0.600 bits per heavy atom. The number of aromatic amines is 2. The van der Waals surface area contributed by atoms with E-state index < -0.39 is 5.54 Å². The van der Waals surface area contributed by atoms with Crippen LogP contribution in [-0.2, 0) is 39.6 Å². The Hall–Kier alpha value is -6.01. The molecule has 342 valence electrons. The van der Waals surface area contributed by atoms with E-state index in [2.05, 4.69) is 142 Å². The summed E-state index contributed by atoms with van der Waals surface area (Å²) in [7, 11) is 0. The molecule has 6 heterocycles. The van der Waals surface area contributed by atoms with E-state index in [-0.39, 0.29) is 17.7 Å². The fraction of sp³-hybridized carbons (Fsp3) is 0.423. The third kappa shape index (κ3) is 11.6. The first kappa shape index (κ1) is 47.0. The van der Waals surface area contributed by atoms with E-state index in [9.17, 15) is 14.4 Å². The van der Waals surface area contributed by atoms with Gasteiger partial charge in [0.15, 0.2) is 5.15 Å². The predicted molar refractivity (Wildman–Crippen MR) is 254 cm³/mol. The molecule has 13 heteroatoms. The molecular weight excluding hydrogens is 834 g/mol. The summed E-state index contributed by atoms with van der Waals surface area (Å²) in [5.74, 6) is 2.29. The first-order valence-electron chi connectivity index (χ1n) is 23.4. The number of nitrogens with one attached hydrogen (secondary N) is 2. The minimum atomic E-state index is -0.575. The van der Waals surface area contributed by atoms with Crippen molar-refractivity contribution in [3.63, 3.8) is 0 Å². The van der Waals surface area contributed by atoms with Gasteiger partial charge in [0.2, 0.25) is 17.7 Å². The van der Waals surface area contributed by atoms with Gasteiger partial charge in [-0.15, -0.1) is 0 Å². The van der Waals surface area contributed by atoms with E-state index in [0.717, 1.165) is 98.4 Å². The van der Waals surface area contributed by atoms with Crippen LogP contribution in [-0.4, -0.2) is 81.5 Å². The second kappa shape index (κ2) is 22.7. The van der Waals surface area contributed by atoms with E-state index >= 15 is 0 Å². The number of carbonyl (C=O) groups excluding carboxylic acids is 3. The lowest BCUT2D eigenvalue weighted by molar-refractivity contribution is -0.129. The summed E-state index contributed by atoms with van der Waals surface area (Å²) in [5.41, 5.74) is 5.67. The van der Waals surface area contributed by atoms with Crippen LogP contribution in [0.25, 0.3) is 0 Å². The molecule has 0 spiro atoms. The van der Waals surface area contributed by atoms with Gasteiger partial charge in [-0.3, -0.25) is 14.4 Å². The number of likely N-dealkylation sites (tertiary alicyclic amines) is 3. The second-order valence-corrected chi connectivity index (χ2v) is 18.1. The van der Waals surface area contributed by atoms with E-state index in [4.69, 9.17) is 16.6 Å². The molecule has 0 radical (unpaired) electrons. The molecular formula is C52H64ClN9O3. The minimum Gasteiger partial charge on any atom is -0.347 e. The highest BCUT2D eigenvalue weighted by Gasteiger charge is 2.39. The number of rotatable bonds is 16. The number of aromatic nitrogens is 6. The zero-order chi connectivity index (χ0) is 45.6. The van der Waals surface area contributed by atoms with Gasteiger partial charge in [0.25, 0.3) is 0 Å². The van der Waals surface area contributed by atoms with Crippen molar-refractivity contribution in [2.45, 2.75) is 104 Å². The molecule has 0 saturated carbocycles.